The third kappa shape index (κ3) is 6.93. The van der Waals surface area contributed by atoms with Gasteiger partial charge in [0.25, 0.3) is 5.91 Å². The van der Waals surface area contributed by atoms with Crippen molar-refractivity contribution in [2.75, 3.05) is 19.8 Å². The third-order valence-electron chi connectivity index (χ3n) is 3.73. The monoisotopic (exact) mass is 369 g/mol. The maximum absolute atomic E-state index is 12.0. The minimum Gasteiger partial charge on any atom is -0.494 e. The lowest BCUT2D eigenvalue weighted by Crippen LogP contribution is -2.30. The predicted molar refractivity (Wildman–Crippen MR) is 101 cm³/mol. The van der Waals surface area contributed by atoms with Gasteiger partial charge in [-0.25, -0.2) is 0 Å². The first-order valence-corrected chi connectivity index (χ1v) is 8.85. The fraction of sp³-hybridized carbons (Fsp3) is 0.286. The second-order valence-corrected chi connectivity index (χ2v) is 5.75. The molecule has 0 aliphatic heterocycles. The van der Waals surface area contributed by atoms with E-state index in [9.17, 15) is 14.4 Å². The van der Waals surface area contributed by atoms with Gasteiger partial charge in [-0.1, -0.05) is 30.3 Å². The molecule has 0 unspecified atom stereocenters. The van der Waals surface area contributed by atoms with Crippen LogP contribution < -0.4 is 10.1 Å². The Hall–Kier alpha value is -3.15. The number of amides is 1. The highest BCUT2D eigenvalue weighted by molar-refractivity contribution is 5.96. The van der Waals surface area contributed by atoms with Crippen LogP contribution in [0.2, 0.25) is 0 Å². The molecule has 0 heterocycles. The van der Waals surface area contributed by atoms with Gasteiger partial charge < -0.3 is 14.8 Å². The SMILES string of the molecule is CCOc1ccc(C(=O)NCC(=O)OCCCC(=O)c2ccccc2)cc1. The number of esters is 1. The molecule has 6 nitrogen and oxygen atoms in total. The van der Waals surface area contributed by atoms with Gasteiger partial charge in [0, 0.05) is 17.5 Å². The first-order chi connectivity index (χ1) is 13.1. The van der Waals surface area contributed by atoms with Crippen LogP contribution in [0.1, 0.15) is 40.5 Å². The lowest BCUT2D eigenvalue weighted by molar-refractivity contribution is -0.142. The molecule has 2 rings (SSSR count). The summed E-state index contributed by atoms with van der Waals surface area (Å²) in [6.07, 6.45) is 0.738. The highest BCUT2D eigenvalue weighted by Gasteiger charge is 2.10. The second-order valence-electron chi connectivity index (χ2n) is 5.75. The molecule has 0 saturated carbocycles. The van der Waals surface area contributed by atoms with Crippen LogP contribution in [0.3, 0.4) is 0 Å². The Bertz CT molecular complexity index is 756. The number of carbonyl (C=O) groups is 3. The molecule has 27 heavy (non-hydrogen) atoms. The van der Waals surface area contributed by atoms with Crippen molar-refractivity contribution in [1.29, 1.82) is 0 Å². The molecular weight excluding hydrogens is 346 g/mol. The van der Waals surface area contributed by atoms with Crippen LogP contribution >= 0.6 is 0 Å². The number of hydrogen-bond donors (Lipinski definition) is 1. The minimum absolute atomic E-state index is 0.00968. The van der Waals surface area contributed by atoms with Crippen LogP contribution in [0.15, 0.2) is 54.6 Å². The normalized spacial score (nSPS) is 10.1. The number of nitrogens with one attached hydrogen (secondary N) is 1. The number of Topliss-reactive ketones (excluding diaryl/α,β-unsaturated/α-hetero) is 1. The van der Waals surface area contributed by atoms with Crippen LogP contribution in [0, 0.1) is 0 Å². The summed E-state index contributed by atoms with van der Waals surface area (Å²) < 4.78 is 10.3. The molecule has 142 valence electrons. The summed E-state index contributed by atoms with van der Waals surface area (Å²) in [6.45, 7) is 2.34. The van der Waals surface area contributed by atoms with E-state index in [2.05, 4.69) is 5.32 Å². The molecule has 0 aliphatic rings. The third-order valence-corrected chi connectivity index (χ3v) is 3.73. The van der Waals surface area contributed by atoms with Crippen molar-refractivity contribution in [3.8, 4) is 5.75 Å². The van der Waals surface area contributed by atoms with E-state index < -0.39 is 5.97 Å². The summed E-state index contributed by atoms with van der Waals surface area (Å²) in [4.78, 5) is 35.6. The molecule has 0 saturated heterocycles. The van der Waals surface area contributed by atoms with Gasteiger partial charge in [-0.3, -0.25) is 14.4 Å². The smallest absolute Gasteiger partial charge is 0.325 e. The summed E-state index contributed by atoms with van der Waals surface area (Å²) in [5.74, 6) is -0.218. The van der Waals surface area contributed by atoms with Gasteiger partial charge in [-0.15, -0.1) is 0 Å². The molecule has 0 fully saturated rings. The van der Waals surface area contributed by atoms with E-state index >= 15 is 0 Å². The molecule has 0 aliphatic carbocycles. The average Bonchev–Trinajstić information content (AvgIpc) is 2.70. The number of benzene rings is 2. The number of ketones is 1. The van der Waals surface area contributed by atoms with Gasteiger partial charge in [0.1, 0.15) is 12.3 Å². The number of ether oxygens (including phenoxy) is 2. The zero-order valence-electron chi connectivity index (χ0n) is 15.3. The summed E-state index contributed by atoms with van der Waals surface area (Å²) in [6, 6.07) is 15.6. The first-order valence-electron chi connectivity index (χ1n) is 8.85. The molecule has 2 aromatic rings. The number of hydrogen-bond acceptors (Lipinski definition) is 5. The van der Waals surface area contributed by atoms with Crippen LogP contribution in [0.4, 0.5) is 0 Å². The summed E-state index contributed by atoms with van der Waals surface area (Å²) in [7, 11) is 0. The molecule has 2 aromatic carbocycles. The quantitative estimate of drug-likeness (QED) is 0.395. The Balaban J connectivity index is 1.64. The van der Waals surface area contributed by atoms with Gasteiger partial charge in [-0.2, -0.15) is 0 Å². The topological polar surface area (TPSA) is 81.7 Å². The van der Waals surface area contributed by atoms with Gasteiger partial charge in [0.2, 0.25) is 0 Å². The summed E-state index contributed by atoms with van der Waals surface area (Å²) in [5.41, 5.74) is 1.08. The van der Waals surface area contributed by atoms with Gasteiger partial charge in [-0.05, 0) is 37.6 Å². The minimum atomic E-state index is -0.540. The van der Waals surface area contributed by atoms with E-state index in [0.717, 1.165) is 0 Å². The maximum atomic E-state index is 12.0. The van der Waals surface area contributed by atoms with Crippen LogP contribution in [0.5, 0.6) is 5.75 Å². The Labute approximate surface area is 158 Å². The lowest BCUT2D eigenvalue weighted by Gasteiger charge is -2.07. The van der Waals surface area contributed by atoms with Crippen LogP contribution in [0.25, 0.3) is 0 Å². The molecular formula is C21H23NO5. The molecule has 0 spiro atoms. The Kier molecular flexibility index (Phi) is 8.03. The van der Waals surface area contributed by atoms with Crippen molar-refractivity contribution in [1.82, 2.24) is 5.32 Å². The molecule has 1 N–H and O–H groups in total. The van der Waals surface area contributed by atoms with E-state index in [1.54, 1.807) is 48.5 Å². The van der Waals surface area contributed by atoms with Crippen molar-refractivity contribution in [2.24, 2.45) is 0 Å². The lowest BCUT2D eigenvalue weighted by atomic mass is 10.1. The van der Waals surface area contributed by atoms with Crippen LogP contribution in [-0.2, 0) is 9.53 Å². The van der Waals surface area contributed by atoms with Crippen molar-refractivity contribution in [3.05, 3.63) is 65.7 Å². The molecule has 0 radical (unpaired) electrons. The molecule has 0 bridgehead atoms. The average molecular weight is 369 g/mol. The Morgan fingerprint density at radius 2 is 1.63 bits per heavy atom. The van der Waals surface area contributed by atoms with E-state index in [1.165, 1.54) is 0 Å². The fourth-order valence-corrected chi connectivity index (χ4v) is 2.36. The second kappa shape index (κ2) is 10.8. The highest BCUT2D eigenvalue weighted by atomic mass is 16.5. The number of rotatable bonds is 10. The largest absolute Gasteiger partial charge is 0.494 e. The molecule has 1 amide bonds. The van der Waals surface area contributed by atoms with E-state index in [4.69, 9.17) is 9.47 Å². The zero-order chi connectivity index (χ0) is 19.5. The highest BCUT2D eigenvalue weighted by Crippen LogP contribution is 2.12. The Morgan fingerprint density at radius 3 is 2.30 bits per heavy atom. The van der Waals surface area contributed by atoms with E-state index in [1.807, 2.05) is 13.0 Å². The first kappa shape index (κ1) is 20.2. The molecule has 0 atom stereocenters. The van der Waals surface area contributed by atoms with Crippen molar-refractivity contribution in [3.63, 3.8) is 0 Å². The zero-order valence-corrected chi connectivity index (χ0v) is 15.3. The number of carbonyl (C=O) groups excluding carboxylic acids is 3. The summed E-state index contributed by atoms with van der Waals surface area (Å²) in [5, 5.41) is 2.50. The van der Waals surface area contributed by atoms with Crippen LogP contribution in [-0.4, -0.2) is 37.4 Å². The van der Waals surface area contributed by atoms with E-state index in [0.29, 0.717) is 36.3 Å². The molecule has 0 aromatic heterocycles. The maximum Gasteiger partial charge on any atom is 0.325 e. The van der Waals surface area contributed by atoms with Crippen molar-refractivity contribution in [2.45, 2.75) is 19.8 Å². The van der Waals surface area contributed by atoms with Gasteiger partial charge in [0.05, 0.1) is 13.2 Å². The summed E-state index contributed by atoms with van der Waals surface area (Å²) >= 11 is 0. The standard InChI is InChI=1S/C21H23NO5/c1-2-26-18-12-10-17(11-13-18)21(25)22-15-20(24)27-14-6-9-19(23)16-7-4-3-5-8-16/h3-5,7-8,10-13H,2,6,9,14-15H2,1H3,(H,22,25). The van der Waals surface area contributed by atoms with Crippen molar-refractivity contribution >= 4 is 17.7 Å². The van der Waals surface area contributed by atoms with Gasteiger partial charge >= 0.3 is 5.97 Å². The van der Waals surface area contributed by atoms with E-state index in [-0.39, 0.29) is 24.8 Å². The van der Waals surface area contributed by atoms with Gasteiger partial charge in [0.15, 0.2) is 5.78 Å². The Morgan fingerprint density at radius 1 is 0.926 bits per heavy atom. The fourth-order valence-electron chi connectivity index (χ4n) is 2.36. The van der Waals surface area contributed by atoms with Crippen molar-refractivity contribution < 1.29 is 23.9 Å². The predicted octanol–water partition coefficient (Wildman–Crippen LogP) is 3.02. The molecule has 6 heteroatoms.